The molecule has 0 radical (unpaired) electrons. The van der Waals surface area contributed by atoms with Crippen LogP contribution in [0.5, 0.6) is 5.75 Å². The Morgan fingerprint density at radius 2 is 1.97 bits per heavy atom. The van der Waals surface area contributed by atoms with Gasteiger partial charge in [0, 0.05) is 72.6 Å². The number of nitrogens with zero attached hydrogens (tertiary/aromatic N) is 3. The van der Waals surface area contributed by atoms with Gasteiger partial charge >= 0.3 is 0 Å². The van der Waals surface area contributed by atoms with Crippen molar-refractivity contribution in [3.05, 3.63) is 75.4 Å². The van der Waals surface area contributed by atoms with Crippen LogP contribution in [0.4, 0.5) is 15.9 Å². The fraction of sp³-hybridized carbons (Fsp3) is 0.346. The number of nitrogen functional groups attached to an aromatic ring is 1. The third kappa shape index (κ3) is 5.96. The first-order valence-electron chi connectivity index (χ1n) is 11.8. The Hall–Kier alpha value is -2.98. The Balaban J connectivity index is 1.48. The van der Waals surface area contributed by atoms with Gasteiger partial charge in [0.25, 0.3) is 0 Å². The first-order valence-corrected chi connectivity index (χ1v) is 12.5. The van der Waals surface area contributed by atoms with E-state index in [0.29, 0.717) is 57.8 Å². The van der Waals surface area contributed by atoms with Crippen molar-refractivity contribution in [1.82, 2.24) is 15.3 Å². The maximum atomic E-state index is 15.0. The van der Waals surface area contributed by atoms with Crippen LogP contribution in [0, 0.1) is 16.6 Å². The Morgan fingerprint density at radius 3 is 2.62 bits per heavy atom. The molecule has 1 aliphatic rings. The average molecular weight is 547 g/mol. The smallest absolute Gasteiger partial charge is 0.166 e. The minimum absolute atomic E-state index is 0.0224. The summed E-state index contributed by atoms with van der Waals surface area (Å²) in [6, 6.07) is 6.25. The number of aromatic nitrogens is 2. The second-order valence-corrected chi connectivity index (χ2v) is 10.3. The molecule has 0 amide bonds. The number of pyridine rings is 2. The van der Waals surface area contributed by atoms with Gasteiger partial charge in [-0.15, -0.1) is 0 Å². The molecule has 0 spiro atoms. The lowest BCUT2D eigenvalue weighted by Crippen LogP contribution is -2.59. The summed E-state index contributed by atoms with van der Waals surface area (Å²) in [5.74, 6) is 0.195. The molecule has 5 N–H and O–H groups in total. The molecule has 8 nitrogen and oxygen atoms in total. The van der Waals surface area contributed by atoms with Gasteiger partial charge < -0.3 is 25.8 Å². The molecule has 0 bridgehead atoms. The van der Waals surface area contributed by atoms with E-state index < -0.39 is 11.9 Å². The molecule has 11 heteroatoms. The van der Waals surface area contributed by atoms with Crippen molar-refractivity contribution in [2.24, 2.45) is 5.41 Å². The van der Waals surface area contributed by atoms with Crippen molar-refractivity contribution in [2.75, 3.05) is 43.4 Å². The summed E-state index contributed by atoms with van der Waals surface area (Å²) >= 11 is 12.5. The summed E-state index contributed by atoms with van der Waals surface area (Å²) in [6.07, 6.45) is 3.97. The molecule has 1 fully saturated rings. The molecule has 0 aliphatic carbocycles. The fourth-order valence-electron chi connectivity index (χ4n) is 4.46. The van der Waals surface area contributed by atoms with Crippen LogP contribution >= 0.6 is 23.2 Å². The van der Waals surface area contributed by atoms with E-state index in [-0.39, 0.29) is 23.6 Å². The van der Waals surface area contributed by atoms with E-state index in [1.807, 2.05) is 4.90 Å². The second-order valence-electron chi connectivity index (χ2n) is 9.50. The third-order valence-electron chi connectivity index (χ3n) is 6.30. The first-order chi connectivity index (χ1) is 17.6. The predicted octanol–water partition coefficient (Wildman–Crippen LogP) is 4.47. The van der Waals surface area contributed by atoms with Gasteiger partial charge in [-0.1, -0.05) is 30.1 Å². The highest BCUT2D eigenvalue weighted by molar-refractivity contribution is 6.35. The van der Waals surface area contributed by atoms with Crippen molar-refractivity contribution in [3.63, 3.8) is 0 Å². The van der Waals surface area contributed by atoms with Crippen LogP contribution in [0.1, 0.15) is 36.6 Å². The van der Waals surface area contributed by atoms with Gasteiger partial charge in [0.1, 0.15) is 11.9 Å². The summed E-state index contributed by atoms with van der Waals surface area (Å²) in [7, 11) is 0. The summed E-state index contributed by atoms with van der Waals surface area (Å²) in [5, 5.41) is 21.6. The number of aliphatic hydroxyl groups is 1. The zero-order chi connectivity index (χ0) is 26.7. The number of hydrogen-bond donors (Lipinski definition) is 4. The largest absolute Gasteiger partial charge is 0.486 e. The molecule has 4 rings (SSSR count). The number of nitrogens with one attached hydrogen (secondary N) is 2. The number of nitrogens with two attached hydrogens (primary N) is 1. The zero-order valence-corrected chi connectivity index (χ0v) is 22.1. The van der Waals surface area contributed by atoms with Crippen LogP contribution in [-0.4, -0.2) is 53.6 Å². The van der Waals surface area contributed by atoms with Crippen LogP contribution in [0.25, 0.3) is 0 Å². The number of anilines is 2. The highest BCUT2D eigenvalue weighted by Gasteiger charge is 2.40. The normalized spacial score (nSPS) is 15.2. The summed E-state index contributed by atoms with van der Waals surface area (Å²) in [5.41, 5.74) is 7.79. The topological polar surface area (TPSA) is 120 Å². The molecule has 37 heavy (non-hydrogen) atoms. The second kappa shape index (κ2) is 11.2. The van der Waals surface area contributed by atoms with Gasteiger partial charge in [-0.3, -0.25) is 10.4 Å². The molecule has 0 saturated carbocycles. The predicted molar refractivity (Wildman–Crippen MR) is 145 cm³/mol. The molecule has 3 aromatic rings. The molecular weight excluding hydrogens is 518 g/mol. The number of halogens is 3. The van der Waals surface area contributed by atoms with E-state index in [2.05, 4.69) is 22.2 Å². The van der Waals surface area contributed by atoms with Crippen LogP contribution in [0.2, 0.25) is 10.0 Å². The third-order valence-corrected chi connectivity index (χ3v) is 6.90. The lowest BCUT2D eigenvalue weighted by Gasteiger charge is -2.49. The van der Waals surface area contributed by atoms with Gasteiger partial charge in [0.15, 0.2) is 11.6 Å². The summed E-state index contributed by atoms with van der Waals surface area (Å²) < 4.78 is 21.1. The van der Waals surface area contributed by atoms with Gasteiger partial charge in [0.2, 0.25) is 0 Å². The number of benzene rings is 1. The first kappa shape index (κ1) is 27.1. The highest BCUT2D eigenvalue weighted by Crippen LogP contribution is 2.35. The maximum absolute atomic E-state index is 15.0. The fourth-order valence-corrected chi connectivity index (χ4v) is 5.13. The van der Waals surface area contributed by atoms with Crippen molar-refractivity contribution < 1.29 is 14.2 Å². The van der Waals surface area contributed by atoms with E-state index in [1.165, 1.54) is 24.7 Å². The van der Waals surface area contributed by atoms with Crippen LogP contribution in [-0.2, 0) is 0 Å². The highest BCUT2D eigenvalue weighted by atomic mass is 35.5. The molecular formula is C26H29Cl2FN6O2. The molecule has 1 aliphatic heterocycles. The SMILES string of the molecule is C[C@@H](Oc1ccc(N)c(C(=N)c2cnc(N3CC(C)(CNCCO)C3)c(F)c2)c1)c1c(Cl)cncc1Cl. The maximum Gasteiger partial charge on any atom is 0.166 e. The number of rotatable bonds is 10. The Labute approximate surface area is 225 Å². The molecule has 1 saturated heterocycles. The molecule has 0 unspecified atom stereocenters. The van der Waals surface area contributed by atoms with Crippen molar-refractivity contribution in [3.8, 4) is 5.75 Å². The van der Waals surface area contributed by atoms with E-state index in [9.17, 15) is 0 Å². The van der Waals surface area contributed by atoms with E-state index in [0.717, 1.165) is 6.54 Å². The standard InChI is InChI=1S/C26H29Cl2FN6O2/c1-15(23-19(27)10-33-11-20(23)28)37-17-3-4-22(30)18(8-17)24(31)16-7-21(29)25(34-9-16)35-13-26(2,14-35)12-32-5-6-36/h3-4,7-11,15,31-32,36H,5-6,12-14,30H2,1-2H3/t15-/m1/s1. The van der Waals surface area contributed by atoms with Crippen LogP contribution < -0.4 is 20.7 Å². The summed E-state index contributed by atoms with van der Waals surface area (Å²) in [6.45, 7) is 6.52. The summed E-state index contributed by atoms with van der Waals surface area (Å²) in [4.78, 5) is 10.1. The molecule has 1 aromatic carbocycles. The van der Waals surface area contributed by atoms with Crippen molar-refractivity contribution in [1.29, 1.82) is 5.41 Å². The minimum Gasteiger partial charge on any atom is -0.486 e. The van der Waals surface area contributed by atoms with E-state index >= 15 is 4.39 Å². The van der Waals surface area contributed by atoms with Crippen molar-refractivity contribution >= 4 is 40.4 Å². The molecule has 2 aromatic heterocycles. The van der Waals surface area contributed by atoms with E-state index in [1.54, 1.807) is 25.1 Å². The lowest BCUT2D eigenvalue weighted by molar-refractivity contribution is 0.217. The molecule has 196 valence electrons. The monoisotopic (exact) mass is 546 g/mol. The Kier molecular flexibility index (Phi) is 8.18. The van der Waals surface area contributed by atoms with Gasteiger partial charge in [-0.2, -0.15) is 0 Å². The van der Waals surface area contributed by atoms with Gasteiger partial charge in [-0.25, -0.2) is 9.37 Å². The lowest BCUT2D eigenvalue weighted by atomic mass is 9.82. The number of ether oxygens (including phenoxy) is 1. The minimum atomic E-state index is -0.505. The van der Waals surface area contributed by atoms with Crippen molar-refractivity contribution in [2.45, 2.75) is 20.0 Å². The Morgan fingerprint density at radius 1 is 1.27 bits per heavy atom. The van der Waals surface area contributed by atoms with Crippen LogP contribution in [0.3, 0.4) is 0 Å². The van der Waals surface area contributed by atoms with E-state index in [4.69, 9.17) is 44.2 Å². The van der Waals surface area contributed by atoms with Gasteiger partial charge in [-0.05, 0) is 31.2 Å². The van der Waals surface area contributed by atoms with Crippen LogP contribution in [0.15, 0.2) is 42.9 Å². The number of hydrogen-bond acceptors (Lipinski definition) is 8. The zero-order valence-electron chi connectivity index (χ0n) is 20.6. The average Bonchev–Trinajstić information content (AvgIpc) is 2.83. The van der Waals surface area contributed by atoms with Gasteiger partial charge in [0.05, 0.1) is 22.4 Å². The number of aliphatic hydroxyl groups excluding tert-OH is 1. The molecule has 1 atom stereocenters. The molecule has 3 heterocycles. The quantitative estimate of drug-likeness (QED) is 0.168. The Bertz CT molecular complexity index is 1280.